The van der Waals surface area contributed by atoms with Crippen LogP contribution >= 0.6 is 0 Å². The monoisotopic (exact) mass is 435 g/mol. The van der Waals surface area contributed by atoms with Gasteiger partial charge in [-0.05, 0) is 0 Å². The van der Waals surface area contributed by atoms with E-state index in [0.717, 1.165) is 56.6 Å². The van der Waals surface area contributed by atoms with Gasteiger partial charge in [0.1, 0.15) is 0 Å². The fraction of sp³-hybridized carbons (Fsp3) is 0.857. The predicted molar refractivity (Wildman–Crippen MR) is 113 cm³/mol. The Bertz CT molecular complexity index is 482. The summed E-state index contributed by atoms with van der Waals surface area (Å²) in [6.45, 7) is 20.1. The van der Waals surface area contributed by atoms with E-state index in [9.17, 15) is 0 Å². The Hall–Kier alpha value is 0.0394. The van der Waals surface area contributed by atoms with E-state index in [1.807, 2.05) is 6.92 Å². The Labute approximate surface area is 176 Å². The first-order chi connectivity index (χ1) is 12.6. The van der Waals surface area contributed by atoms with E-state index in [4.69, 9.17) is 13.9 Å². The van der Waals surface area contributed by atoms with Crippen molar-refractivity contribution in [1.29, 1.82) is 0 Å². The number of ether oxygens (including phenoxy) is 2. The molecule has 0 bridgehead atoms. The molecule has 158 valence electrons. The molecule has 0 N–H and O–H groups in total. The van der Waals surface area contributed by atoms with Crippen molar-refractivity contribution in [2.24, 2.45) is 0 Å². The first kappa shape index (κ1) is 25.1. The minimum atomic E-state index is -1.75. The third-order valence-corrected chi connectivity index (χ3v) is 10.5. The van der Waals surface area contributed by atoms with E-state index in [1.165, 1.54) is 5.70 Å². The molecule has 1 saturated heterocycles. The first-order valence-corrected chi connectivity index (χ1v) is 14.0. The predicted octanol–water partition coefficient (Wildman–Crippen LogP) is 4.89. The zero-order valence-electron chi connectivity index (χ0n) is 18.6. The molecule has 1 heterocycles. The van der Waals surface area contributed by atoms with Crippen molar-refractivity contribution in [3.05, 3.63) is 11.8 Å². The summed E-state index contributed by atoms with van der Waals surface area (Å²) < 4.78 is 18.8. The van der Waals surface area contributed by atoms with Gasteiger partial charge in [-0.15, -0.1) is 0 Å². The van der Waals surface area contributed by atoms with Gasteiger partial charge < -0.3 is 0 Å². The van der Waals surface area contributed by atoms with Crippen LogP contribution in [0.2, 0.25) is 18.1 Å². The molecule has 1 rings (SSSR count). The molecule has 4 nitrogen and oxygen atoms in total. The summed E-state index contributed by atoms with van der Waals surface area (Å²) in [5.74, 6) is 0. The Morgan fingerprint density at radius 2 is 1.81 bits per heavy atom. The van der Waals surface area contributed by atoms with Crippen molar-refractivity contribution in [2.45, 2.75) is 84.5 Å². The van der Waals surface area contributed by atoms with Gasteiger partial charge in [-0.1, -0.05) is 0 Å². The quantitative estimate of drug-likeness (QED) is 0.433. The number of rotatable bonds is 11. The van der Waals surface area contributed by atoms with Crippen LogP contribution < -0.4 is 0 Å². The Morgan fingerprint density at radius 3 is 2.33 bits per heavy atom. The topological polar surface area (TPSA) is 30.9 Å². The molecule has 0 aromatic carbocycles. The zero-order chi connectivity index (χ0) is 20.5. The molecule has 0 saturated carbocycles. The molecule has 1 aliphatic rings. The maximum absolute atomic E-state index is 6.76. The molecule has 1 aliphatic heterocycles. The van der Waals surface area contributed by atoms with Crippen molar-refractivity contribution in [3.63, 3.8) is 0 Å². The van der Waals surface area contributed by atoms with Gasteiger partial charge in [0.15, 0.2) is 0 Å². The van der Waals surface area contributed by atoms with Crippen molar-refractivity contribution in [3.8, 4) is 0 Å². The third-order valence-electron chi connectivity index (χ3n) is 5.59. The first-order valence-electron chi connectivity index (χ1n) is 10.5. The fourth-order valence-electron chi connectivity index (χ4n) is 2.98. The van der Waals surface area contributed by atoms with Crippen LogP contribution in [0.4, 0.5) is 0 Å². The molecule has 1 fully saturated rings. The normalized spacial score (nSPS) is 17.9. The van der Waals surface area contributed by atoms with E-state index in [2.05, 4.69) is 67.6 Å². The zero-order valence-corrected chi connectivity index (χ0v) is 20.9. The molecule has 27 heavy (non-hydrogen) atoms. The standard InChI is InChI=1S/C21H41NO3Si.Cr/c1-8-10-20(25-26(6,7)21(3,4)5)12-11-19(13-16-23-9-2)22-14-17-24-18-15-22;/h13,20H,8-12,14-15,17-18H2,1-7H3;/b19-13-;/t20-;/m0./s1. The van der Waals surface area contributed by atoms with Crippen LogP contribution in [0.1, 0.15) is 60.3 Å². The van der Waals surface area contributed by atoms with E-state index < -0.39 is 8.32 Å². The van der Waals surface area contributed by atoms with Gasteiger partial charge in [-0.3, -0.25) is 0 Å². The van der Waals surface area contributed by atoms with Gasteiger partial charge in [-0.2, -0.15) is 0 Å². The second-order valence-corrected chi connectivity index (χ2v) is 14.2. The van der Waals surface area contributed by atoms with Crippen molar-refractivity contribution in [2.75, 3.05) is 32.9 Å². The summed E-state index contributed by atoms with van der Waals surface area (Å²) in [5, 5.41) is 0.246. The summed E-state index contributed by atoms with van der Waals surface area (Å²) in [5.41, 5.74) is 1.33. The summed E-state index contributed by atoms with van der Waals surface area (Å²) in [4.78, 5) is 2.44. The molecule has 1 atom stereocenters. The van der Waals surface area contributed by atoms with Gasteiger partial charge in [0, 0.05) is 0 Å². The van der Waals surface area contributed by atoms with Crippen LogP contribution in [0.25, 0.3) is 0 Å². The Balaban J connectivity index is 2.83. The van der Waals surface area contributed by atoms with E-state index >= 15 is 0 Å². The van der Waals surface area contributed by atoms with Crippen molar-refractivity contribution < 1.29 is 29.8 Å². The average molecular weight is 436 g/mol. The number of morpholine rings is 1. The third kappa shape index (κ3) is 8.93. The number of hydrogen-bond acceptors (Lipinski definition) is 4. The summed E-state index contributed by atoms with van der Waals surface area (Å²) in [7, 11) is -1.75. The van der Waals surface area contributed by atoms with Crippen LogP contribution in [-0.2, 0) is 29.8 Å². The fourth-order valence-corrected chi connectivity index (χ4v) is 4.80. The van der Waals surface area contributed by atoms with Crippen molar-refractivity contribution in [1.82, 2.24) is 4.90 Å². The SMILES string of the molecule is CCC[C@@H](CC/C(=C/[C](=[Cr])OCC)N1CCOCC1)O[Si](C)(C)C(C)(C)C. The summed E-state index contributed by atoms with van der Waals surface area (Å²) in [6.07, 6.45) is 6.86. The number of hydrogen-bond donors (Lipinski definition) is 0. The summed E-state index contributed by atoms with van der Waals surface area (Å²) >= 11 is 3.05. The average Bonchev–Trinajstić information content (AvgIpc) is 2.58. The van der Waals surface area contributed by atoms with E-state index in [1.54, 1.807) is 0 Å². The molecule has 0 amide bonds. The van der Waals surface area contributed by atoms with Crippen molar-refractivity contribution >= 4 is 12.9 Å². The van der Waals surface area contributed by atoms with Crippen LogP contribution in [0.15, 0.2) is 11.8 Å². The Morgan fingerprint density at radius 1 is 1.19 bits per heavy atom. The summed E-state index contributed by atoms with van der Waals surface area (Å²) in [6, 6.07) is 0. The maximum atomic E-state index is 6.76. The molecule has 6 heteroatoms. The van der Waals surface area contributed by atoms with E-state index in [0.29, 0.717) is 12.7 Å². The molecule has 0 aromatic heterocycles. The molecule has 0 aliphatic carbocycles. The van der Waals surface area contributed by atoms with E-state index in [-0.39, 0.29) is 5.04 Å². The van der Waals surface area contributed by atoms with Gasteiger partial charge in [0.2, 0.25) is 0 Å². The molecule has 0 spiro atoms. The van der Waals surface area contributed by atoms with Gasteiger partial charge in [-0.25, -0.2) is 0 Å². The van der Waals surface area contributed by atoms with Crippen LogP contribution in [0, 0.1) is 0 Å². The second-order valence-electron chi connectivity index (χ2n) is 8.81. The molecular formula is C21H41CrNO3Si. The molecule has 0 aromatic rings. The molecule has 0 unspecified atom stereocenters. The number of allylic oxidation sites excluding steroid dienone is 1. The Kier molecular flexibility index (Phi) is 11.1. The molecule has 0 radical (unpaired) electrons. The number of nitrogens with zero attached hydrogens (tertiary/aromatic N) is 1. The van der Waals surface area contributed by atoms with Crippen LogP contribution in [-0.4, -0.2) is 56.8 Å². The minimum absolute atomic E-state index is 0.246. The van der Waals surface area contributed by atoms with Gasteiger partial charge in [0.05, 0.1) is 0 Å². The van der Waals surface area contributed by atoms with Crippen LogP contribution in [0.3, 0.4) is 0 Å². The van der Waals surface area contributed by atoms with Crippen LogP contribution in [0.5, 0.6) is 0 Å². The van der Waals surface area contributed by atoms with Gasteiger partial charge in [0.25, 0.3) is 0 Å². The van der Waals surface area contributed by atoms with Gasteiger partial charge >= 0.3 is 177 Å². The molecular weight excluding hydrogens is 394 g/mol. The second kappa shape index (κ2) is 11.9.